The second kappa shape index (κ2) is 5.38. The molecule has 0 aliphatic rings. The Morgan fingerprint density at radius 2 is 1.86 bits per heavy atom. The molecule has 8 heteroatoms. The van der Waals surface area contributed by atoms with Gasteiger partial charge >= 0.3 is 0 Å². The number of hydrogen-bond acceptors (Lipinski definition) is 5. The molecular weight excluding hydrogens is 356 g/mol. The lowest BCUT2D eigenvalue weighted by molar-refractivity contribution is 0.602. The minimum atomic E-state index is -3.76. The van der Waals surface area contributed by atoms with Crippen LogP contribution in [-0.2, 0) is 10.0 Å². The van der Waals surface area contributed by atoms with Crippen molar-refractivity contribution in [1.29, 1.82) is 0 Å². The van der Waals surface area contributed by atoms with E-state index in [2.05, 4.69) is 35.6 Å². The first-order valence-electron chi connectivity index (χ1n) is 5.90. The lowest BCUT2D eigenvalue weighted by Gasteiger charge is -2.09. The van der Waals surface area contributed by atoms with E-state index in [1.807, 2.05) is 0 Å². The number of pyridine rings is 1. The zero-order valence-electron chi connectivity index (χ0n) is 10.6. The van der Waals surface area contributed by atoms with E-state index < -0.39 is 10.0 Å². The van der Waals surface area contributed by atoms with Gasteiger partial charge in [0.25, 0.3) is 10.0 Å². The number of nitrogens with zero attached hydrogens (tertiary/aromatic N) is 3. The molecule has 0 fully saturated rings. The molecule has 0 saturated heterocycles. The Morgan fingerprint density at radius 1 is 1.00 bits per heavy atom. The maximum absolute atomic E-state index is 12.5. The molecular formula is C13H9BrN4O2S. The Hall–Kier alpha value is -2.06. The van der Waals surface area contributed by atoms with Crippen molar-refractivity contribution in [2.75, 3.05) is 4.72 Å². The van der Waals surface area contributed by atoms with Crippen LogP contribution in [0.5, 0.6) is 0 Å². The minimum absolute atomic E-state index is 0.151. The molecule has 0 radical (unpaired) electrons. The topological polar surface area (TPSA) is 84.8 Å². The smallest absolute Gasteiger partial charge is 0.262 e. The van der Waals surface area contributed by atoms with E-state index in [-0.39, 0.29) is 10.7 Å². The molecule has 0 amide bonds. The average molecular weight is 365 g/mol. The minimum Gasteiger partial charge on any atom is -0.262 e. The van der Waals surface area contributed by atoms with Gasteiger partial charge in [0.05, 0.1) is 22.8 Å². The lowest BCUT2D eigenvalue weighted by atomic mass is 10.2. The maximum Gasteiger partial charge on any atom is 0.263 e. The quantitative estimate of drug-likeness (QED) is 0.771. The van der Waals surface area contributed by atoms with Crippen LogP contribution in [0.25, 0.3) is 10.9 Å². The number of rotatable bonds is 3. The number of hydrogen-bond donors (Lipinski definition) is 1. The van der Waals surface area contributed by atoms with E-state index >= 15 is 0 Å². The van der Waals surface area contributed by atoms with Crippen molar-refractivity contribution >= 4 is 42.7 Å². The number of halogens is 1. The van der Waals surface area contributed by atoms with Crippen molar-refractivity contribution in [2.45, 2.75) is 4.90 Å². The summed E-state index contributed by atoms with van der Waals surface area (Å²) in [4.78, 5) is 12.2. The van der Waals surface area contributed by atoms with Crippen LogP contribution in [0.2, 0.25) is 0 Å². The second-order valence-electron chi connectivity index (χ2n) is 4.16. The first-order valence-corrected chi connectivity index (χ1v) is 8.18. The van der Waals surface area contributed by atoms with Crippen LogP contribution in [0.1, 0.15) is 0 Å². The van der Waals surface area contributed by atoms with Crippen LogP contribution in [0.4, 0.5) is 5.82 Å². The molecule has 0 bridgehead atoms. The summed E-state index contributed by atoms with van der Waals surface area (Å²) in [5.41, 5.74) is 0.613. The van der Waals surface area contributed by atoms with Crippen molar-refractivity contribution in [3.63, 3.8) is 0 Å². The Kier molecular flexibility index (Phi) is 3.56. The normalized spacial score (nSPS) is 11.5. The third-order valence-electron chi connectivity index (χ3n) is 2.75. The Labute approximate surface area is 129 Å². The van der Waals surface area contributed by atoms with Crippen LogP contribution < -0.4 is 4.72 Å². The highest BCUT2D eigenvalue weighted by molar-refractivity contribution is 9.10. The highest BCUT2D eigenvalue weighted by Crippen LogP contribution is 2.23. The summed E-state index contributed by atoms with van der Waals surface area (Å²) < 4.78 is 27.9. The van der Waals surface area contributed by atoms with Crippen LogP contribution in [0.3, 0.4) is 0 Å². The van der Waals surface area contributed by atoms with Gasteiger partial charge in [-0.15, -0.1) is 0 Å². The summed E-state index contributed by atoms with van der Waals surface area (Å²) in [6.07, 6.45) is 4.37. The zero-order chi connectivity index (χ0) is 14.9. The third kappa shape index (κ3) is 2.86. The van der Waals surface area contributed by atoms with Crippen molar-refractivity contribution < 1.29 is 8.42 Å². The third-order valence-corrected chi connectivity index (χ3v) is 4.58. The van der Waals surface area contributed by atoms with E-state index in [1.54, 1.807) is 30.5 Å². The number of benzene rings is 1. The van der Waals surface area contributed by atoms with Gasteiger partial charge in [-0.1, -0.05) is 6.07 Å². The number of fused-ring (bicyclic) bond motifs is 1. The number of nitrogens with one attached hydrogen (secondary N) is 1. The molecule has 0 unspecified atom stereocenters. The summed E-state index contributed by atoms with van der Waals surface area (Å²) in [5.74, 6) is 0.152. The fourth-order valence-corrected chi connectivity index (χ4v) is 3.28. The van der Waals surface area contributed by atoms with Gasteiger partial charge in [0.1, 0.15) is 4.60 Å². The van der Waals surface area contributed by atoms with Gasteiger partial charge < -0.3 is 0 Å². The number of aromatic nitrogens is 3. The number of anilines is 1. The summed E-state index contributed by atoms with van der Waals surface area (Å²) in [7, 11) is -3.76. The van der Waals surface area contributed by atoms with Gasteiger partial charge in [-0.05, 0) is 40.2 Å². The van der Waals surface area contributed by atoms with Gasteiger partial charge in [0, 0.05) is 11.6 Å². The molecule has 0 aliphatic carbocycles. The first kappa shape index (κ1) is 13.9. The van der Waals surface area contributed by atoms with Crippen LogP contribution in [-0.4, -0.2) is 23.4 Å². The molecule has 106 valence electrons. The molecule has 3 aromatic rings. The predicted octanol–water partition coefficient (Wildman–Crippen LogP) is 2.59. The molecule has 3 rings (SSSR count). The first-order chi connectivity index (χ1) is 10.1. The largest absolute Gasteiger partial charge is 0.263 e. The predicted molar refractivity (Wildman–Crippen MR) is 82.3 cm³/mol. The molecule has 1 N–H and O–H groups in total. The standard InChI is InChI=1S/C13H9BrN4O2S/c14-12-7-17-13(8-16-12)18-21(19,20)11-5-1-4-10-9(11)3-2-6-15-10/h1-8H,(H,17,18). The van der Waals surface area contributed by atoms with Crippen LogP contribution in [0.15, 0.2) is 58.4 Å². The van der Waals surface area contributed by atoms with E-state index in [1.165, 1.54) is 18.5 Å². The van der Waals surface area contributed by atoms with Gasteiger partial charge in [0.15, 0.2) is 5.82 Å². The van der Waals surface area contributed by atoms with Gasteiger partial charge in [0.2, 0.25) is 0 Å². The molecule has 0 spiro atoms. The van der Waals surface area contributed by atoms with E-state index in [0.717, 1.165) is 0 Å². The van der Waals surface area contributed by atoms with Gasteiger partial charge in [-0.2, -0.15) is 0 Å². The van der Waals surface area contributed by atoms with Crippen molar-refractivity contribution in [3.8, 4) is 0 Å². The Morgan fingerprint density at radius 3 is 2.62 bits per heavy atom. The Bertz CT molecular complexity index is 892. The van der Waals surface area contributed by atoms with Gasteiger partial charge in [-0.3, -0.25) is 9.71 Å². The fourth-order valence-electron chi connectivity index (χ4n) is 1.87. The highest BCUT2D eigenvalue weighted by Gasteiger charge is 2.18. The second-order valence-corrected chi connectivity index (χ2v) is 6.62. The van der Waals surface area contributed by atoms with E-state index in [4.69, 9.17) is 0 Å². The van der Waals surface area contributed by atoms with E-state index in [9.17, 15) is 8.42 Å². The monoisotopic (exact) mass is 364 g/mol. The fraction of sp³-hybridized carbons (Fsp3) is 0. The average Bonchev–Trinajstić information content (AvgIpc) is 2.49. The van der Waals surface area contributed by atoms with Gasteiger partial charge in [-0.25, -0.2) is 18.4 Å². The molecule has 1 aromatic carbocycles. The zero-order valence-corrected chi connectivity index (χ0v) is 13.0. The molecule has 0 aliphatic heterocycles. The SMILES string of the molecule is O=S(=O)(Nc1cnc(Br)cn1)c1cccc2ncccc12. The molecule has 0 saturated carbocycles. The molecule has 21 heavy (non-hydrogen) atoms. The number of sulfonamides is 1. The molecule has 6 nitrogen and oxygen atoms in total. The molecule has 2 aromatic heterocycles. The van der Waals surface area contributed by atoms with Crippen molar-refractivity contribution in [3.05, 3.63) is 53.5 Å². The summed E-state index contributed by atoms with van der Waals surface area (Å²) >= 11 is 3.14. The summed E-state index contributed by atoms with van der Waals surface area (Å²) in [6.45, 7) is 0. The molecule has 0 atom stereocenters. The van der Waals surface area contributed by atoms with E-state index in [0.29, 0.717) is 15.5 Å². The van der Waals surface area contributed by atoms with Crippen LogP contribution >= 0.6 is 15.9 Å². The lowest BCUT2D eigenvalue weighted by Crippen LogP contribution is -2.14. The Balaban J connectivity index is 2.06. The highest BCUT2D eigenvalue weighted by atomic mass is 79.9. The maximum atomic E-state index is 12.5. The molecule has 2 heterocycles. The summed E-state index contributed by atoms with van der Waals surface area (Å²) in [5, 5.41) is 0.553. The van der Waals surface area contributed by atoms with Crippen molar-refractivity contribution in [1.82, 2.24) is 15.0 Å². The van der Waals surface area contributed by atoms with Crippen LogP contribution in [0, 0.1) is 0 Å². The summed E-state index contributed by atoms with van der Waals surface area (Å²) in [6, 6.07) is 8.34. The van der Waals surface area contributed by atoms with Crippen molar-refractivity contribution in [2.24, 2.45) is 0 Å².